The Bertz CT molecular complexity index is 1150. The van der Waals surface area contributed by atoms with Crippen LogP contribution in [0.25, 0.3) is 0 Å². The number of hydrogen-bond donors (Lipinski definition) is 1. The quantitative estimate of drug-likeness (QED) is 0.700. The van der Waals surface area contributed by atoms with Crippen molar-refractivity contribution < 1.29 is 17.9 Å². The number of sulfonamides is 1. The Morgan fingerprint density at radius 2 is 1.70 bits per heavy atom. The van der Waals surface area contributed by atoms with Gasteiger partial charge in [-0.1, -0.05) is 24.0 Å². The van der Waals surface area contributed by atoms with Crippen LogP contribution in [0.5, 0.6) is 0 Å². The van der Waals surface area contributed by atoms with Crippen molar-refractivity contribution in [2.45, 2.75) is 48.6 Å². The van der Waals surface area contributed by atoms with Crippen molar-refractivity contribution in [1.82, 2.24) is 9.21 Å². The van der Waals surface area contributed by atoms with E-state index in [2.05, 4.69) is 28.9 Å². The molecule has 1 saturated carbocycles. The van der Waals surface area contributed by atoms with Gasteiger partial charge in [-0.15, -0.1) is 0 Å². The maximum absolute atomic E-state index is 13.4. The summed E-state index contributed by atoms with van der Waals surface area (Å²) in [6.45, 7) is 1.68. The normalized spacial score (nSPS) is 26.3. The van der Waals surface area contributed by atoms with E-state index in [1.54, 1.807) is 0 Å². The van der Waals surface area contributed by atoms with Crippen LogP contribution in [0.1, 0.15) is 42.7 Å². The van der Waals surface area contributed by atoms with E-state index in [0.717, 1.165) is 30.5 Å². The minimum absolute atomic E-state index is 0.0129. The number of hydrogen-bond acceptors (Lipinski definition) is 4. The zero-order valence-electron chi connectivity index (χ0n) is 18.5. The van der Waals surface area contributed by atoms with Gasteiger partial charge in [0, 0.05) is 42.6 Å². The SMILES string of the molecule is O=S(=O)(c1ccc(F)cc1)N1CCCCN2[C@H](CO)[C@@H](c3ccc(C#CC4CC4)cc3)[C@@H]2C1. The number of aliphatic hydroxyl groups is 1. The smallest absolute Gasteiger partial charge is 0.243 e. The number of nitrogens with zero attached hydrogens (tertiary/aromatic N) is 2. The molecule has 2 aromatic rings. The molecule has 2 saturated heterocycles. The highest BCUT2D eigenvalue weighted by atomic mass is 32.2. The number of aliphatic hydroxyl groups excluding tert-OH is 1. The van der Waals surface area contributed by atoms with Gasteiger partial charge in [-0.25, -0.2) is 12.8 Å². The molecule has 1 N–H and O–H groups in total. The molecule has 2 heterocycles. The molecule has 3 fully saturated rings. The van der Waals surface area contributed by atoms with Crippen LogP contribution in [0.2, 0.25) is 0 Å². The van der Waals surface area contributed by atoms with Gasteiger partial charge in [0.2, 0.25) is 10.0 Å². The van der Waals surface area contributed by atoms with Crippen LogP contribution in [-0.2, 0) is 10.0 Å². The van der Waals surface area contributed by atoms with Crippen LogP contribution in [0, 0.1) is 23.6 Å². The lowest BCUT2D eigenvalue weighted by molar-refractivity contribution is -0.0553. The molecule has 0 amide bonds. The Morgan fingerprint density at radius 1 is 1.00 bits per heavy atom. The standard InChI is InChI=1S/C26H29FN2O3S/c27-22-11-13-23(14-12-22)33(31,32)28-15-1-2-16-29-24(17-28)26(25(29)18-30)21-9-7-20(8-10-21)6-5-19-3-4-19/h7-14,19,24-26,30H,1-4,15-18H2/t24-,25+,26-/m0/s1. The van der Waals surface area contributed by atoms with E-state index < -0.39 is 15.8 Å². The largest absolute Gasteiger partial charge is 0.395 e. The summed E-state index contributed by atoms with van der Waals surface area (Å²) in [7, 11) is -3.73. The molecule has 7 heteroatoms. The Balaban J connectivity index is 1.39. The fraction of sp³-hybridized carbons (Fsp3) is 0.462. The molecule has 1 aliphatic carbocycles. The Kier molecular flexibility index (Phi) is 6.28. The first-order chi connectivity index (χ1) is 16.0. The first-order valence-electron chi connectivity index (χ1n) is 11.7. The number of fused-ring (bicyclic) bond motifs is 1. The molecule has 2 aromatic carbocycles. The van der Waals surface area contributed by atoms with E-state index >= 15 is 0 Å². The third-order valence-corrected chi connectivity index (χ3v) is 8.96. The third-order valence-electron chi connectivity index (χ3n) is 7.08. The molecule has 0 spiro atoms. The topological polar surface area (TPSA) is 60.9 Å². The number of halogens is 1. The number of rotatable bonds is 4. The molecule has 0 bridgehead atoms. The molecule has 5 nitrogen and oxygen atoms in total. The first-order valence-corrected chi connectivity index (χ1v) is 13.2. The van der Waals surface area contributed by atoms with Crippen LogP contribution in [0.3, 0.4) is 0 Å². The van der Waals surface area contributed by atoms with Crippen LogP contribution in [-0.4, -0.2) is 61.1 Å². The fourth-order valence-corrected chi connectivity index (χ4v) is 6.58. The maximum atomic E-state index is 13.4. The Morgan fingerprint density at radius 3 is 2.36 bits per heavy atom. The highest BCUT2D eigenvalue weighted by Gasteiger charge is 2.50. The summed E-state index contributed by atoms with van der Waals surface area (Å²) in [5.74, 6) is 6.65. The van der Waals surface area contributed by atoms with Gasteiger partial charge in [0.15, 0.2) is 0 Å². The summed E-state index contributed by atoms with van der Waals surface area (Å²) >= 11 is 0. The van der Waals surface area contributed by atoms with Gasteiger partial charge in [-0.05, 0) is 74.2 Å². The van der Waals surface area contributed by atoms with Gasteiger partial charge in [0.05, 0.1) is 11.5 Å². The van der Waals surface area contributed by atoms with Gasteiger partial charge in [0.25, 0.3) is 0 Å². The van der Waals surface area contributed by atoms with Gasteiger partial charge in [-0.2, -0.15) is 4.31 Å². The molecule has 174 valence electrons. The van der Waals surface area contributed by atoms with E-state index in [4.69, 9.17) is 0 Å². The molecule has 5 rings (SSSR count). The van der Waals surface area contributed by atoms with Crippen molar-refractivity contribution in [2.75, 3.05) is 26.2 Å². The van der Waals surface area contributed by atoms with Crippen LogP contribution in [0.15, 0.2) is 53.4 Å². The summed E-state index contributed by atoms with van der Waals surface area (Å²) in [5.41, 5.74) is 2.09. The molecule has 33 heavy (non-hydrogen) atoms. The predicted molar refractivity (Wildman–Crippen MR) is 125 cm³/mol. The molecule has 0 unspecified atom stereocenters. The monoisotopic (exact) mass is 468 g/mol. The van der Waals surface area contributed by atoms with Crippen molar-refractivity contribution in [3.05, 3.63) is 65.5 Å². The average molecular weight is 469 g/mol. The molecule has 2 aliphatic heterocycles. The van der Waals surface area contributed by atoms with E-state index in [-0.39, 0.29) is 29.5 Å². The first kappa shape index (κ1) is 22.5. The Hall–Kier alpha value is -2.24. The second-order valence-corrected chi connectivity index (χ2v) is 11.2. The lowest BCUT2D eigenvalue weighted by Gasteiger charge is -2.57. The molecule has 3 atom stereocenters. The van der Waals surface area contributed by atoms with E-state index in [0.29, 0.717) is 19.0 Å². The van der Waals surface area contributed by atoms with E-state index in [1.165, 1.54) is 41.4 Å². The zero-order valence-corrected chi connectivity index (χ0v) is 19.3. The minimum atomic E-state index is -3.73. The van der Waals surface area contributed by atoms with Crippen LogP contribution < -0.4 is 0 Å². The summed E-state index contributed by atoms with van der Waals surface area (Å²) < 4.78 is 41.5. The van der Waals surface area contributed by atoms with E-state index in [1.807, 2.05) is 12.1 Å². The second kappa shape index (κ2) is 9.19. The summed E-state index contributed by atoms with van der Waals surface area (Å²) in [5, 5.41) is 10.1. The van der Waals surface area contributed by atoms with E-state index in [9.17, 15) is 17.9 Å². The van der Waals surface area contributed by atoms with Gasteiger partial charge < -0.3 is 5.11 Å². The van der Waals surface area contributed by atoms with Gasteiger partial charge in [0.1, 0.15) is 5.82 Å². The van der Waals surface area contributed by atoms with Crippen molar-refractivity contribution in [3.63, 3.8) is 0 Å². The minimum Gasteiger partial charge on any atom is -0.395 e. The fourth-order valence-electron chi connectivity index (χ4n) is 5.08. The maximum Gasteiger partial charge on any atom is 0.243 e. The molecule has 3 aliphatic rings. The van der Waals surface area contributed by atoms with Crippen molar-refractivity contribution in [3.8, 4) is 11.8 Å². The summed E-state index contributed by atoms with van der Waals surface area (Å²) in [6, 6.07) is 13.2. The van der Waals surface area contributed by atoms with Crippen molar-refractivity contribution in [1.29, 1.82) is 0 Å². The van der Waals surface area contributed by atoms with Crippen molar-refractivity contribution in [2.24, 2.45) is 5.92 Å². The lowest BCUT2D eigenvalue weighted by atomic mass is 9.74. The lowest BCUT2D eigenvalue weighted by Crippen LogP contribution is -2.67. The van der Waals surface area contributed by atoms with Crippen LogP contribution >= 0.6 is 0 Å². The molecule has 0 radical (unpaired) electrons. The summed E-state index contributed by atoms with van der Waals surface area (Å²) in [6.07, 6.45) is 4.01. The van der Waals surface area contributed by atoms with Crippen molar-refractivity contribution >= 4 is 10.0 Å². The van der Waals surface area contributed by atoms with Crippen LogP contribution in [0.4, 0.5) is 4.39 Å². The molecule has 0 aromatic heterocycles. The van der Waals surface area contributed by atoms with Gasteiger partial charge >= 0.3 is 0 Å². The third kappa shape index (κ3) is 4.58. The highest BCUT2D eigenvalue weighted by molar-refractivity contribution is 7.89. The molecular formula is C26H29FN2O3S. The highest BCUT2D eigenvalue weighted by Crippen LogP contribution is 2.42. The zero-order chi connectivity index (χ0) is 23.0. The molecular weight excluding hydrogens is 439 g/mol. The average Bonchev–Trinajstić information content (AvgIpc) is 3.62. The number of benzene rings is 2. The predicted octanol–water partition coefficient (Wildman–Crippen LogP) is 3.20. The second-order valence-electron chi connectivity index (χ2n) is 9.27. The Labute approximate surface area is 195 Å². The van der Waals surface area contributed by atoms with Gasteiger partial charge in [-0.3, -0.25) is 4.90 Å². The summed E-state index contributed by atoms with van der Waals surface area (Å²) in [4.78, 5) is 2.36.